The van der Waals surface area contributed by atoms with E-state index in [4.69, 9.17) is 14.2 Å². The van der Waals surface area contributed by atoms with Crippen LogP contribution in [0.3, 0.4) is 0 Å². The number of benzene rings is 2. The fraction of sp³-hybridized carbons (Fsp3) is 0.435. The SMILES string of the molecule is CCCOc1cccc(C(=O)N(Cc2ccc(OC)c(OC)c2)[C@@H]2CCS(=O)(=O)C2)c1. The van der Waals surface area contributed by atoms with Gasteiger partial charge in [-0.3, -0.25) is 4.79 Å². The molecule has 1 amide bonds. The zero-order valence-electron chi connectivity index (χ0n) is 18.2. The van der Waals surface area contributed by atoms with E-state index in [1.54, 1.807) is 43.4 Å². The molecule has 0 saturated carbocycles. The minimum atomic E-state index is -3.16. The third-order valence-electron chi connectivity index (χ3n) is 5.26. The highest BCUT2D eigenvalue weighted by molar-refractivity contribution is 7.91. The van der Waals surface area contributed by atoms with Crippen molar-refractivity contribution in [1.82, 2.24) is 4.90 Å². The van der Waals surface area contributed by atoms with Crippen LogP contribution in [0.2, 0.25) is 0 Å². The third kappa shape index (κ3) is 5.70. The molecule has 0 aromatic heterocycles. The number of ether oxygens (including phenoxy) is 3. The summed E-state index contributed by atoms with van der Waals surface area (Å²) in [6, 6.07) is 12.1. The number of sulfone groups is 1. The number of methoxy groups -OCH3 is 2. The van der Waals surface area contributed by atoms with Gasteiger partial charge in [0.25, 0.3) is 5.91 Å². The molecule has 0 spiro atoms. The van der Waals surface area contributed by atoms with E-state index in [1.165, 1.54) is 0 Å². The maximum atomic E-state index is 13.5. The largest absolute Gasteiger partial charge is 0.494 e. The Morgan fingerprint density at radius 1 is 1.10 bits per heavy atom. The highest BCUT2D eigenvalue weighted by Crippen LogP contribution is 2.30. The van der Waals surface area contributed by atoms with Gasteiger partial charge in [0.05, 0.1) is 32.3 Å². The lowest BCUT2D eigenvalue weighted by atomic mass is 10.1. The van der Waals surface area contributed by atoms with E-state index >= 15 is 0 Å². The molecule has 3 rings (SSSR count). The molecule has 7 nitrogen and oxygen atoms in total. The molecule has 0 unspecified atom stereocenters. The predicted molar refractivity (Wildman–Crippen MR) is 119 cm³/mol. The summed E-state index contributed by atoms with van der Waals surface area (Å²) in [7, 11) is -0.0441. The van der Waals surface area contributed by atoms with Crippen molar-refractivity contribution in [3.05, 3.63) is 53.6 Å². The van der Waals surface area contributed by atoms with Gasteiger partial charge in [0.2, 0.25) is 0 Å². The number of amides is 1. The number of rotatable bonds is 9. The number of carbonyl (C=O) groups is 1. The fourth-order valence-corrected chi connectivity index (χ4v) is 5.40. The molecular formula is C23H29NO6S. The highest BCUT2D eigenvalue weighted by atomic mass is 32.2. The lowest BCUT2D eigenvalue weighted by Gasteiger charge is -2.29. The van der Waals surface area contributed by atoms with Gasteiger partial charge in [0.1, 0.15) is 5.75 Å². The summed E-state index contributed by atoms with van der Waals surface area (Å²) in [6.07, 6.45) is 1.29. The van der Waals surface area contributed by atoms with Crippen LogP contribution >= 0.6 is 0 Å². The minimum Gasteiger partial charge on any atom is -0.494 e. The van der Waals surface area contributed by atoms with Crippen LogP contribution < -0.4 is 14.2 Å². The Hall–Kier alpha value is -2.74. The highest BCUT2D eigenvalue weighted by Gasteiger charge is 2.35. The summed E-state index contributed by atoms with van der Waals surface area (Å²) in [4.78, 5) is 15.1. The van der Waals surface area contributed by atoms with Crippen LogP contribution in [0.5, 0.6) is 17.2 Å². The predicted octanol–water partition coefficient (Wildman–Crippen LogP) is 3.32. The van der Waals surface area contributed by atoms with Crippen LogP contribution in [0, 0.1) is 0 Å². The van der Waals surface area contributed by atoms with Crippen LogP contribution in [0.15, 0.2) is 42.5 Å². The summed E-state index contributed by atoms with van der Waals surface area (Å²) in [5.74, 6) is 1.61. The maximum absolute atomic E-state index is 13.5. The molecule has 1 fully saturated rings. The first-order valence-electron chi connectivity index (χ1n) is 10.3. The van der Waals surface area contributed by atoms with E-state index in [2.05, 4.69) is 0 Å². The van der Waals surface area contributed by atoms with Gasteiger partial charge in [0, 0.05) is 18.2 Å². The Balaban J connectivity index is 1.91. The molecule has 2 aromatic carbocycles. The zero-order chi connectivity index (χ0) is 22.4. The number of hydrogen-bond donors (Lipinski definition) is 0. The summed E-state index contributed by atoms with van der Waals surface area (Å²) >= 11 is 0. The fourth-order valence-electron chi connectivity index (χ4n) is 3.67. The van der Waals surface area contributed by atoms with Crippen molar-refractivity contribution >= 4 is 15.7 Å². The topological polar surface area (TPSA) is 82.1 Å². The summed E-state index contributed by atoms with van der Waals surface area (Å²) in [6.45, 7) is 2.84. The molecule has 1 aliphatic heterocycles. The van der Waals surface area contributed by atoms with Gasteiger partial charge in [-0.15, -0.1) is 0 Å². The molecule has 1 atom stereocenters. The molecule has 0 aliphatic carbocycles. The molecule has 0 bridgehead atoms. The molecule has 31 heavy (non-hydrogen) atoms. The Bertz CT molecular complexity index is 1020. The van der Waals surface area contributed by atoms with Crippen LogP contribution in [0.1, 0.15) is 35.7 Å². The van der Waals surface area contributed by atoms with E-state index in [0.29, 0.717) is 35.8 Å². The monoisotopic (exact) mass is 447 g/mol. The smallest absolute Gasteiger partial charge is 0.254 e. The third-order valence-corrected chi connectivity index (χ3v) is 7.02. The molecule has 1 heterocycles. The quantitative estimate of drug-likeness (QED) is 0.587. The first-order valence-corrected chi connectivity index (χ1v) is 12.1. The van der Waals surface area contributed by atoms with E-state index in [-0.39, 0.29) is 30.0 Å². The van der Waals surface area contributed by atoms with Crippen LogP contribution in [0.25, 0.3) is 0 Å². The van der Waals surface area contributed by atoms with Crippen molar-refractivity contribution in [2.45, 2.75) is 32.4 Å². The van der Waals surface area contributed by atoms with Gasteiger partial charge in [-0.25, -0.2) is 8.42 Å². The first kappa shape index (κ1) is 22.9. The maximum Gasteiger partial charge on any atom is 0.254 e. The number of carbonyl (C=O) groups excluding carboxylic acids is 1. The first-order chi connectivity index (χ1) is 14.9. The molecule has 0 radical (unpaired) electrons. The minimum absolute atomic E-state index is 0.0297. The molecule has 1 saturated heterocycles. The van der Waals surface area contributed by atoms with Gasteiger partial charge in [-0.05, 0) is 48.7 Å². The standard InChI is InChI=1S/C23H29NO6S/c1-4-11-30-20-7-5-6-18(14-20)23(25)24(19-10-12-31(26,27)16-19)15-17-8-9-21(28-2)22(13-17)29-3/h5-9,13-14,19H,4,10-12,15-16H2,1-3H3/t19-/m1/s1. The normalized spacial score (nSPS) is 17.2. The molecule has 1 aliphatic rings. The average molecular weight is 448 g/mol. The molecule has 2 aromatic rings. The van der Waals surface area contributed by atoms with Gasteiger partial charge in [0.15, 0.2) is 21.3 Å². The second kappa shape index (κ2) is 10.0. The van der Waals surface area contributed by atoms with Crippen LogP contribution in [-0.4, -0.2) is 57.6 Å². The van der Waals surface area contributed by atoms with Crippen molar-refractivity contribution in [1.29, 1.82) is 0 Å². The van der Waals surface area contributed by atoms with Crippen LogP contribution in [0.4, 0.5) is 0 Å². The van der Waals surface area contributed by atoms with Crippen molar-refractivity contribution in [3.63, 3.8) is 0 Å². The second-order valence-electron chi connectivity index (χ2n) is 7.56. The van der Waals surface area contributed by atoms with Gasteiger partial charge in [-0.2, -0.15) is 0 Å². The van der Waals surface area contributed by atoms with Gasteiger partial charge in [-0.1, -0.05) is 19.1 Å². The molecule has 0 N–H and O–H groups in total. The summed E-state index contributed by atoms with van der Waals surface area (Å²) in [5.41, 5.74) is 1.30. The Labute approximate surface area is 183 Å². The lowest BCUT2D eigenvalue weighted by Crippen LogP contribution is -2.40. The Morgan fingerprint density at radius 2 is 1.87 bits per heavy atom. The second-order valence-corrected chi connectivity index (χ2v) is 9.78. The zero-order valence-corrected chi connectivity index (χ0v) is 19.0. The van der Waals surface area contributed by atoms with Crippen molar-refractivity contribution < 1.29 is 27.4 Å². The van der Waals surface area contributed by atoms with Gasteiger partial charge >= 0.3 is 0 Å². The number of hydrogen-bond acceptors (Lipinski definition) is 6. The summed E-state index contributed by atoms with van der Waals surface area (Å²) in [5, 5.41) is 0. The lowest BCUT2D eigenvalue weighted by molar-refractivity contribution is 0.0680. The van der Waals surface area contributed by atoms with E-state index in [1.807, 2.05) is 25.1 Å². The van der Waals surface area contributed by atoms with E-state index < -0.39 is 9.84 Å². The van der Waals surface area contributed by atoms with E-state index in [0.717, 1.165) is 12.0 Å². The Kier molecular flexibility index (Phi) is 7.43. The van der Waals surface area contributed by atoms with Crippen molar-refractivity contribution in [2.75, 3.05) is 32.3 Å². The average Bonchev–Trinajstić information content (AvgIpc) is 3.14. The van der Waals surface area contributed by atoms with Crippen LogP contribution in [-0.2, 0) is 16.4 Å². The van der Waals surface area contributed by atoms with Crippen molar-refractivity contribution in [3.8, 4) is 17.2 Å². The molecule has 8 heteroatoms. The molecular weight excluding hydrogens is 418 g/mol. The summed E-state index contributed by atoms with van der Waals surface area (Å²) < 4.78 is 40.6. The van der Waals surface area contributed by atoms with E-state index in [9.17, 15) is 13.2 Å². The Morgan fingerprint density at radius 3 is 2.52 bits per heavy atom. The van der Waals surface area contributed by atoms with Crippen molar-refractivity contribution in [2.24, 2.45) is 0 Å². The van der Waals surface area contributed by atoms with Gasteiger partial charge < -0.3 is 19.1 Å². The molecule has 168 valence electrons. The number of nitrogens with zero attached hydrogens (tertiary/aromatic N) is 1.